The summed E-state index contributed by atoms with van der Waals surface area (Å²) in [5.41, 5.74) is -1.13. The number of halogens is 4. The Morgan fingerprint density at radius 3 is 2.65 bits per heavy atom. The highest BCUT2D eigenvalue weighted by Gasteiger charge is 2.41. The predicted molar refractivity (Wildman–Crippen MR) is 62.5 cm³/mol. The quantitative estimate of drug-likeness (QED) is 0.671. The molecule has 1 aromatic rings. The Kier molecular flexibility index (Phi) is 3.99. The first-order chi connectivity index (χ1) is 9.34. The summed E-state index contributed by atoms with van der Waals surface area (Å²) in [6, 6.07) is 2.52. The molecule has 1 saturated heterocycles. The van der Waals surface area contributed by atoms with Crippen LogP contribution in [-0.4, -0.2) is 26.2 Å². The molecule has 1 aliphatic heterocycles. The Bertz CT molecular complexity index is 516. The third-order valence-corrected chi connectivity index (χ3v) is 3.44. The van der Waals surface area contributed by atoms with Gasteiger partial charge in [0.1, 0.15) is 5.82 Å². The van der Waals surface area contributed by atoms with Crippen LogP contribution in [0.25, 0.3) is 0 Å². The fourth-order valence-corrected chi connectivity index (χ4v) is 2.50. The van der Waals surface area contributed by atoms with Crippen LogP contribution < -0.4 is 5.32 Å². The van der Waals surface area contributed by atoms with E-state index in [9.17, 15) is 22.4 Å². The molecule has 1 fully saturated rings. The lowest BCUT2D eigenvalue weighted by atomic mass is 9.86. The zero-order chi connectivity index (χ0) is 14.9. The van der Waals surface area contributed by atoms with Gasteiger partial charge in [-0.2, -0.15) is 13.2 Å². The van der Waals surface area contributed by atoms with E-state index in [1.165, 1.54) is 7.11 Å². The summed E-state index contributed by atoms with van der Waals surface area (Å²) in [7, 11) is 1.19. The lowest BCUT2D eigenvalue weighted by Gasteiger charge is -2.21. The molecular formula is C13H13F4NO2. The van der Waals surface area contributed by atoms with Crippen molar-refractivity contribution in [2.75, 3.05) is 20.2 Å². The molecule has 0 saturated carbocycles. The smallest absolute Gasteiger partial charge is 0.416 e. The first kappa shape index (κ1) is 14.8. The van der Waals surface area contributed by atoms with Gasteiger partial charge in [0.05, 0.1) is 18.6 Å². The lowest BCUT2D eigenvalue weighted by molar-refractivity contribution is -0.146. The first-order valence-electron chi connectivity index (χ1n) is 5.99. The van der Waals surface area contributed by atoms with E-state index >= 15 is 0 Å². The monoisotopic (exact) mass is 291 g/mol. The Morgan fingerprint density at radius 2 is 2.05 bits per heavy atom. The van der Waals surface area contributed by atoms with Gasteiger partial charge in [-0.15, -0.1) is 0 Å². The second-order valence-electron chi connectivity index (χ2n) is 4.62. The fourth-order valence-electron chi connectivity index (χ4n) is 2.50. The molecule has 0 spiro atoms. The van der Waals surface area contributed by atoms with Crippen molar-refractivity contribution in [3.05, 3.63) is 35.1 Å². The number of methoxy groups -OCH3 is 1. The molecule has 0 aliphatic carbocycles. The van der Waals surface area contributed by atoms with Gasteiger partial charge in [0.2, 0.25) is 0 Å². The second kappa shape index (κ2) is 5.40. The van der Waals surface area contributed by atoms with Crippen molar-refractivity contribution in [1.82, 2.24) is 5.32 Å². The van der Waals surface area contributed by atoms with E-state index in [0.717, 1.165) is 12.1 Å². The number of esters is 1. The summed E-state index contributed by atoms with van der Waals surface area (Å²) >= 11 is 0. The van der Waals surface area contributed by atoms with Crippen LogP contribution in [0.5, 0.6) is 0 Å². The Labute approximate surface area is 112 Å². The molecule has 110 valence electrons. The maximum absolute atomic E-state index is 13.1. The summed E-state index contributed by atoms with van der Waals surface area (Å²) in [5.74, 6) is -2.91. The largest absolute Gasteiger partial charge is 0.469 e. The van der Waals surface area contributed by atoms with E-state index in [4.69, 9.17) is 0 Å². The molecule has 20 heavy (non-hydrogen) atoms. The number of alkyl halides is 3. The summed E-state index contributed by atoms with van der Waals surface area (Å²) in [5, 5.41) is 2.87. The highest BCUT2D eigenvalue weighted by Crippen LogP contribution is 2.39. The van der Waals surface area contributed by atoms with Gasteiger partial charge >= 0.3 is 12.1 Å². The molecular weight excluding hydrogens is 278 g/mol. The Balaban J connectivity index is 2.44. The fraction of sp³-hybridized carbons (Fsp3) is 0.462. The molecule has 1 N–H and O–H groups in total. The van der Waals surface area contributed by atoms with Crippen LogP contribution in [0.3, 0.4) is 0 Å². The molecule has 1 aliphatic rings. The average Bonchev–Trinajstić information content (AvgIpc) is 2.85. The molecule has 0 amide bonds. The standard InChI is InChI=1S/C13H13F4NO2/c1-20-12(19)10-6-18-5-9(10)8-3-2-7(14)4-11(8)13(15,16)17/h2-4,9-10,18H,5-6H2,1H3. The van der Waals surface area contributed by atoms with Crippen LogP contribution in [-0.2, 0) is 15.7 Å². The van der Waals surface area contributed by atoms with Crippen molar-refractivity contribution in [1.29, 1.82) is 0 Å². The number of benzene rings is 1. The number of ether oxygens (including phenoxy) is 1. The van der Waals surface area contributed by atoms with Gasteiger partial charge in [-0.3, -0.25) is 4.79 Å². The maximum Gasteiger partial charge on any atom is 0.416 e. The van der Waals surface area contributed by atoms with Gasteiger partial charge < -0.3 is 10.1 Å². The van der Waals surface area contributed by atoms with E-state index in [2.05, 4.69) is 10.1 Å². The lowest BCUT2D eigenvalue weighted by Crippen LogP contribution is -2.24. The maximum atomic E-state index is 13.1. The summed E-state index contributed by atoms with van der Waals surface area (Å²) in [6.45, 7) is 0.459. The first-order valence-corrected chi connectivity index (χ1v) is 5.99. The van der Waals surface area contributed by atoms with Gasteiger partial charge in [-0.05, 0) is 17.7 Å². The number of carbonyl (C=O) groups excluding carboxylic acids is 1. The predicted octanol–water partition coefficient (Wildman–Crippen LogP) is 2.32. The van der Waals surface area contributed by atoms with Crippen LogP contribution in [0.4, 0.5) is 17.6 Å². The zero-order valence-corrected chi connectivity index (χ0v) is 10.6. The molecule has 0 bridgehead atoms. The molecule has 0 radical (unpaired) electrons. The van der Waals surface area contributed by atoms with Gasteiger partial charge in [0.25, 0.3) is 0 Å². The Morgan fingerprint density at radius 1 is 1.35 bits per heavy atom. The number of hydrogen-bond donors (Lipinski definition) is 1. The number of rotatable bonds is 2. The van der Waals surface area contributed by atoms with Gasteiger partial charge in [-0.25, -0.2) is 4.39 Å². The molecule has 2 unspecified atom stereocenters. The van der Waals surface area contributed by atoms with E-state index in [1.54, 1.807) is 0 Å². The van der Waals surface area contributed by atoms with Crippen molar-refractivity contribution in [2.24, 2.45) is 5.92 Å². The van der Waals surface area contributed by atoms with E-state index in [1.807, 2.05) is 0 Å². The third-order valence-electron chi connectivity index (χ3n) is 3.44. The molecule has 1 aromatic carbocycles. The minimum absolute atomic E-state index is 0.0840. The van der Waals surface area contributed by atoms with Gasteiger partial charge in [-0.1, -0.05) is 6.07 Å². The molecule has 2 rings (SSSR count). The average molecular weight is 291 g/mol. The van der Waals surface area contributed by atoms with Crippen LogP contribution >= 0.6 is 0 Å². The minimum Gasteiger partial charge on any atom is -0.469 e. The van der Waals surface area contributed by atoms with Crippen molar-refractivity contribution in [3.63, 3.8) is 0 Å². The summed E-state index contributed by atoms with van der Waals surface area (Å²) < 4.78 is 56.6. The van der Waals surface area contributed by atoms with E-state index in [-0.39, 0.29) is 18.7 Å². The van der Waals surface area contributed by atoms with Crippen LogP contribution in [0.15, 0.2) is 18.2 Å². The molecule has 2 atom stereocenters. The SMILES string of the molecule is COC(=O)C1CNCC1c1ccc(F)cc1C(F)(F)F. The van der Waals surface area contributed by atoms with Gasteiger partial charge in [0.15, 0.2) is 0 Å². The van der Waals surface area contributed by atoms with Crippen molar-refractivity contribution in [2.45, 2.75) is 12.1 Å². The highest BCUT2D eigenvalue weighted by molar-refractivity contribution is 5.74. The van der Waals surface area contributed by atoms with Crippen molar-refractivity contribution < 1.29 is 27.1 Å². The molecule has 0 aromatic heterocycles. The summed E-state index contributed by atoms with van der Waals surface area (Å²) in [6.07, 6.45) is -4.67. The third kappa shape index (κ3) is 2.77. The van der Waals surface area contributed by atoms with E-state index in [0.29, 0.717) is 6.07 Å². The minimum atomic E-state index is -4.67. The number of hydrogen-bond acceptors (Lipinski definition) is 3. The Hall–Kier alpha value is -1.63. The highest BCUT2D eigenvalue weighted by atomic mass is 19.4. The topological polar surface area (TPSA) is 38.3 Å². The van der Waals surface area contributed by atoms with Gasteiger partial charge in [0, 0.05) is 19.0 Å². The molecule has 3 nitrogen and oxygen atoms in total. The molecule has 7 heteroatoms. The zero-order valence-electron chi connectivity index (χ0n) is 10.6. The van der Waals surface area contributed by atoms with Crippen molar-refractivity contribution >= 4 is 5.97 Å². The normalized spacial score (nSPS) is 22.9. The number of carbonyl (C=O) groups is 1. The summed E-state index contributed by atoms with van der Waals surface area (Å²) in [4.78, 5) is 11.6. The molecule has 1 heterocycles. The second-order valence-corrected chi connectivity index (χ2v) is 4.62. The van der Waals surface area contributed by atoms with Crippen LogP contribution in [0.2, 0.25) is 0 Å². The number of nitrogens with one attached hydrogen (secondary N) is 1. The van der Waals surface area contributed by atoms with Crippen LogP contribution in [0, 0.1) is 11.7 Å². The van der Waals surface area contributed by atoms with Crippen molar-refractivity contribution in [3.8, 4) is 0 Å². The van der Waals surface area contributed by atoms with Crippen LogP contribution in [0.1, 0.15) is 17.0 Å². The van der Waals surface area contributed by atoms with E-state index < -0.39 is 35.4 Å².